The molecule has 2 aromatic carbocycles. The highest BCUT2D eigenvalue weighted by atomic mass is 15.1. The Bertz CT molecular complexity index is 561. The molecule has 0 aliphatic heterocycles. The summed E-state index contributed by atoms with van der Waals surface area (Å²) >= 11 is 0. The van der Waals surface area contributed by atoms with Crippen molar-refractivity contribution in [3.63, 3.8) is 0 Å². The van der Waals surface area contributed by atoms with E-state index in [1.165, 1.54) is 0 Å². The number of para-hydroxylation sites is 1. The van der Waals surface area contributed by atoms with Crippen molar-refractivity contribution in [3.8, 4) is 0 Å². The Labute approximate surface area is 100.0 Å². The number of rotatable bonds is 2. The standard InChI is InChI=1S/C13H14N4/c1-9-4-2-5-10(8-9)16-17-12-7-3-6-11(14)13(12)15/h2-8H,14-15H2,1H3. The third-order valence-electron chi connectivity index (χ3n) is 2.39. The van der Waals surface area contributed by atoms with E-state index >= 15 is 0 Å². The molecule has 0 amide bonds. The maximum Gasteiger partial charge on any atom is 0.111 e. The van der Waals surface area contributed by atoms with Crippen molar-refractivity contribution in [2.45, 2.75) is 6.92 Å². The van der Waals surface area contributed by atoms with Gasteiger partial charge in [-0.25, -0.2) is 0 Å². The summed E-state index contributed by atoms with van der Waals surface area (Å²) in [6.45, 7) is 2.01. The minimum Gasteiger partial charge on any atom is -0.397 e. The van der Waals surface area contributed by atoms with E-state index < -0.39 is 0 Å². The van der Waals surface area contributed by atoms with Crippen molar-refractivity contribution in [3.05, 3.63) is 48.0 Å². The summed E-state index contributed by atoms with van der Waals surface area (Å²) in [6.07, 6.45) is 0. The molecule has 86 valence electrons. The van der Waals surface area contributed by atoms with Crippen LogP contribution in [0.15, 0.2) is 52.7 Å². The fraction of sp³-hybridized carbons (Fsp3) is 0.0769. The molecule has 0 heterocycles. The Morgan fingerprint density at radius 1 is 0.941 bits per heavy atom. The summed E-state index contributed by atoms with van der Waals surface area (Å²) in [4.78, 5) is 0. The quantitative estimate of drug-likeness (QED) is 0.606. The molecule has 0 unspecified atom stereocenters. The molecular weight excluding hydrogens is 212 g/mol. The van der Waals surface area contributed by atoms with E-state index in [1.807, 2.05) is 31.2 Å². The first-order valence-corrected chi connectivity index (χ1v) is 5.29. The highest BCUT2D eigenvalue weighted by Gasteiger charge is 2.00. The molecule has 0 spiro atoms. The molecule has 4 N–H and O–H groups in total. The van der Waals surface area contributed by atoms with Crippen molar-refractivity contribution in [2.75, 3.05) is 11.5 Å². The first kappa shape index (κ1) is 11.1. The van der Waals surface area contributed by atoms with Gasteiger partial charge in [-0.1, -0.05) is 18.2 Å². The van der Waals surface area contributed by atoms with Gasteiger partial charge in [0.1, 0.15) is 5.69 Å². The second kappa shape index (κ2) is 4.65. The van der Waals surface area contributed by atoms with E-state index in [1.54, 1.807) is 18.2 Å². The van der Waals surface area contributed by atoms with E-state index in [0.717, 1.165) is 11.3 Å². The minimum atomic E-state index is 0.462. The number of aryl methyl sites for hydroxylation is 1. The molecule has 0 aliphatic rings. The third-order valence-corrected chi connectivity index (χ3v) is 2.39. The molecule has 0 radical (unpaired) electrons. The van der Waals surface area contributed by atoms with Crippen LogP contribution in [0.5, 0.6) is 0 Å². The van der Waals surface area contributed by atoms with Crippen LogP contribution in [0.3, 0.4) is 0 Å². The molecular formula is C13H14N4. The Hall–Kier alpha value is -2.36. The summed E-state index contributed by atoms with van der Waals surface area (Å²) in [5.41, 5.74) is 15.0. The molecule has 2 aromatic rings. The normalized spacial score (nSPS) is 10.9. The number of anilines is 2. The van der Waals surface area contributed by atoms with Gasteiger partial charge < -0.3 is 11.5 Å². The van der Waals surface area contributed by atoms with Gasteiger partial charge in [0.25, 0.3) is 0 Å². The number of nitrogens with zero attached hydrogens (tertiary/aromatic N) is 2. The Balaban J connectivity index is 2.29. The van der Waals surface area contributed by atoms with Crippen molar-refractivity contribution in [1.29, 1.82) is 0 Å². The number of nitrogen functional groups attached to an aromatic ring is 2. The van der Waals surface area contributed by atoms with Crippen LogP contribution in [0.1, 0.15) is 5.56 Å². The predicted octanol–water partition coefficient (Wildman–Crippen LogP) is 3.57. The molecule has 0 fully saturated rings. The second-order valence-corrected chi connectivity index (χ2v) is 3.82. The zero-order chi connectivity index (χ0) is 12.3. The monoisotopic (exact) mass is 226 g/mol. The second-order valence-electron chi connectivity index (χ2n) is 3.82. The lowest BCUT2D eigenvalue weighted by Gasteiger charge is -2.01. The highest BCUT2D eigenvalue weighted by molar-refractivity contribution is 5.76. The topological polar surface area (TPSA) is 76.8 Å². The number of hydrogen-bond donors (Lipinski definition) is 2. The lowest BCUT2D eigenvalue weighted by molar-refractivity contribution is 1.23. The molecule has 0 bridgehead atoms. The van der Waals surface area contributed by atoms with Crippen LogP contribution in [0.2, 0.25) is 0 Å². The number of benzene rings is 2. The Kier molecular flexibility index (Phi) is 3.05. The van der Waals surface area contributed by atoms with Gasteiger partial charge in [0.15, 0.2) is 0 Å². The summed E-state index contributed by atoms with van der Waals surface area (Å²) in [5, 5.41) is 8.23. The van der Waals surface area contributed by atoms with Gasteiger partial charge in [-0.2, -0.15) is 5.11 Å². The first-order valence-electron chi connectivity index (χ1n) is 5.29. The first-order chi connectivity index (χ1) is 8.16. The molecule has 0 saturated carbocycles. The van der Waals surface area contributed by atoms with Gasteiger partial charge in [-0.05, 0) is 36.8 Å². The summed E-state index contributed by atoms with van der Waals surface area (Å²) in [7, 11) is 0. The molecule has 0 aliphatic carbocycles. The van der Waals surface area contributed by atoms with Crippen LogP contribution >= 0.6 is 0 Å². The minimum absolute atomic E-state index is 0.462. The highest BCUT2D eigenvalue weighted by Crippen LogP contribution is 2.28. The molecule has 0 saturated heterocycles. The van der Waals surface area contributed by atoms with Crippen molar-refractivity contribution >= 4 is 22.7 Å². The molecule has 0 atom stereocenters. The predicted molar refractivity (Wildman–Crippen MR) is 70.6 cm³/mol. The summed E-state index contributed by atoms with van der Waals surface area (Å²) in [6, 6.07) is 13.1. The molecule has 0 aromatic heterocycles. The SMILES string of the molecule is Cc1cccc(N=Nc2cccc(N)c2N)c1. The lowest BCUT2D eigenvalue weighted by Crippen LogP contribution is -1.93. The number of azo groups is 1. The van der Waals surface area contributed by atoms with Crippen LogP contribution in [-0.2, 0) is 0 Å². The van der Waals surface area contributed by atoms with Crippen molar-refractivity contribution in [1.82, 2.24) is 0 Å². The lowest BCUT2D eigenvalue weighted by atomic mass is 10.2. The zero-order valence-electron chi connectivity index (χ0n) is 9.59. The van der Waals surface area contributed by atoms with Crippen LogP contribution in [-0.4, -0.2) is 0 Å². The largest absolute Gasteiger partial charge is 0.397 e. The molecule has 17 heavy (non-hydrogen) atoms. The van der Waals surface area contributed by atoms with Gasteiger partial charge >= 0.3 is 0 Å². The molecule has 4 nitrogen and oxygen atoms in total. The summed E-state index contributed by atoms with van der Waals surface area (Å²) in [5.74, 6) is 0. The van der Waals surface area contributed by atoms with E-state index in [0.29, 0.717) is 17.1 Å². The van der Waals surface area contributed by atoms with Crippen molar-refractivity contribution < 1.29 is 0 Å². The van der Waals surface area contributed by atoms with Crippen LogP contribution < -0.4 is 11.5 Å². The van der Waals surface area contributed by atoms with Crippen LogP contribution in [0, 0.1) is 6.92 Å². The van der Waals surface area contributed by atoms with Gasteiger partial charge in [0.05, 0.1) is 17.1 Å². The summed E-state index contributed by atoms with van der Waals surface area (Å²) < 4.78 is 0. The van der Waals surface area contributed by atoms with Gasteiger partial charge in [0, 0.05) is 0 Å². The smallest absolute Gasteiger partial charge is 0.111 e. The van der Waals surface area contributed by atoms with Crippen molar-refractivity contribution in [2.24, 2.45) is 10.2 Å². The number of nitrogens with two attached hydrogens (primary N) is 2. The van der Waals surface area contributed by atoms with Gasteiger partial charge in [0.2, 0.25) is 0 Å². The van der Waals surface area contributed by atoms with E-state index in [4.69, 9.17) is 11.5 Å². The van der Waals surface area contributed by atoms with Gasteiger partial charge in [-0.3, -0.25) is 0 Å². The average molecular weight is 226 g/mol. The zero-order valence-corrected chi connectivity index (χ0v) is 9.59. The molecule has 4 heteroatoms. The van der Waals surface area contributed by atoms with E-state index in [-0.39, 0.29) is 0 Å². The number of hydrogen-bond acceptors (Lipinski definition) is 4. The fourth-order valence-corrected chi connectivity index (χ4v) is 1.46. The van der Waals surface area contributed by atoms with Gasteiger partial charge in [-0.15, -0.1) is 5.11 Å². The Morgan fingerprint density at radius 3 is 2.47 bits per heavy atom. The van der Waals surface area contributed by atoms with E-state index in [2.05, 4.69) is 10.2 Å². The maximum atomic E-state index is 5.80. The molecule has 2 rings (SSSR count). The fourth-order valence-electron chi connectivity index (χ4n) is 1.46. The Morgan fingerprint density at radius 2 is 1.71 bits per heavy atom. The van der Waals surface area contributed by atoms with E-state index in [9.17, 15) is 0 Å². The average Bonchev–Trinajstić information content (AvgIpc) is 2.31. The van der Waals surface area contributed by atoms with Crippen LogP contribution in [0.4, 0.5) is 22.7 Å². The third kappa shape index (κ3) is 2.60. The van der Waals surface area contributed by atoms with Crippen LogP contribution in [0.25, 0.3) is 0 Å². The maximum absolute atomic E-state index is 5.80.